The van der Waals surface area contributed by atoms with Crippen LogP contribution < -0.4 is 4.74 Å². The first-order valence-corrected chi connectivity index (χ1v) is 7.73. The van der Waals surface area contributed by atoms with Gasteiger partial charge < -0.3 is 9.47 Å². The zero-order valence-electron chi connectivity index (χ0n) is 12.7. The van der Waals surface area contributed by atoms with Crippen LogP contribution in [0.15, 0.2) is 30.8 Å². The molecular weight excluding hydrogens is 248 g/mol. The van der Waals surface area contributed by atoms with Crippen LogP contribution in [0.3, 0.4) is 0 Å². The third-order valence-electron chi connectivity index (χ3n) is 3.81. The summed E-state index contributed by atoms with van der Waals surface area (Å²) >= 11 is 0. The van der Waals surface area contributed by atoms with E-state index >= 15 is 0 Å². The van der Waals surface area contributed by atoms with Crippen LogP contribution in [0, 0.1) is 5.92 Å². The molecule has 0 saturated heterocycles. The van der Waals surface area contributed by atoms with Crippen LogP contribution in [-0.2, 0) is 4.74 Å². The molecule has 1 unspecified atom stereocenters. The third kappa shape index (κ3) is 4.38. The Morgan fingerprint density at radius 3 is 2.30 bits per heavy atom. The minimum atomic E-state index is -0.120. The summed E-state index contributed by atoms with van der Waals surface area (Å²) in [6.45, 7) is 7.91. The second-order valence-electron chi connectivity index (χ2n) is 5.84. The van der Waals surface area contributed by atoms with Crippen molar-refractivity contribution < 1.29 is 9.47 Å². The molecule has 1 fully saturated rings. The van der Waals surface area contributed by atoms with Gasteiger partial charge in [0, 0.05) is 5.92 Å². The van der Waals surface area contributed by atoms with Crippen LogP contribution in [0.1, 0.15) is 51.5 Å². The number of rotatable bonds is 6. The van der Waals surface area contributed by atoms with Gasteiger partial charge in [0.1, 0.15) is 5.75 Å². The van der Waals surface area contributed by atoms with Gasteiger partial charge in [-0.1, -0.05) is 44.1 Å². The minimum absolute atomic E-state index is 0.120. The van der Waals surface area contributed by atoms with Gasteiger partial charge in [-0.25, -0.2) is 0 Å². The number of hydrogen-bond donors (Lipinski definition) is 0. The fourth-order valence-corrected chi connectivity index (χ4v) is 2.73. The highest BCUT2D eigenvalue weighted by molar-refractivity contribution is 5.48. The standard InChI is InChI=1S/C18H26O2/c1-4-15-10-12-17(13-11-15)20-18(19-14(2)3)16-8-6-5-7-9-16/h4,10-14,16,18H,1,5-9H2,2-3H3. The monoisotopic (exact) mass is 274 g/mol. The Morgan fingerprint density at radius 1 is 1.10 bits per heavy atom. The van der Waals surface area contributed by atoms with E-state index in [9.17, 15) is 0 Å². The second kappa shape index (κ2) is 7.49. The van der Waals surface area contributed by atoms with E-state index in [1.807, 2.05) is 30.3 Å². The first-order valence-electron chi connectivity index (χ1n) is 7.73. The van der Waals surface area contributed by atoms with Crippen molar-refractivity contribution in [2.24, 2.45) is 5.92 Å². The predicted molar refractivity (Wildman–Crippen MR) is 83.7 cm³/mol. The number of hydrogen-bond acceptors (Lipinski definition) is 2. The second-order valence-corrected chi connectivity index (χ2v) is 5.84. The molecule has 20 heavy (non-hydrogen) atoms. The van der Waals surface area contributed by atoms with Crippen LogP contribution in [0.4, 0.5) is 0 Å². The zero-order valence-corrected chi connectivity index (χ0v) is 12.7. The van der Waals surface area contributed by atoms with Crippen molar-refractivity contribution in [2.45, 2.75) is 58.3 Å². The maximum atomic E-state index is 6.11. The first kappa shape index (κ1) is 15.1. The number of ether oxygens (including phenoxy) is 2. The van der Waals surface area contributed by atoms with E-state index in [1.165, 1.54) is 32.1 Å². The lowest BCUT2D eigenvalue weighted by Gasteiger charge is -2.31. The topological polar surface area (TPSA) is 18.5 Å². The highest BCUT2D eigenvalue weighted by Gasteiger charge is 2.26. The van der Waals surface area contributed by atoms with Crippen LogP contribution >= 0.6 is 0 Å². The Balaban J connectivity index is 2.03. The lowest BCUT2D eigenvalue weighted by atomic mass is 9.88. The summed E-state index contributed by atoms with van der Waals surface area (Å²) in [7, 11) is 0. The quantitative estimate of drug-likeness (QED) is 0.677. The Kier molecular flexibility index (Phi) is 5.66. The van der Waals surface area contributed by atoms with Crippen molar-refractivity contribution >= 4 is 6.08 Å². The van der Waals surface area contributed by atoms with E-state index in [0.717, 1.165) is 11.3 Å². The summed E-state index contributed by atoms with van der Waals surface area (Å²) < 4.78 is 12.1. The molecule has 0 N–H and O–H groups in total. The van der Waals surface area contributed by atoms with Gasteiger partial charge in [-0.15, -0.1) is 0 Å². The molecule has 0 heterocycles. The van der Waals surface area contributed by atoms with Gasteiger partial charge in [-0.05, 0) is 44.4 Å². The number of benzene rings is 1. The Labute approximate surface area is 122 Å². The molecule has 0 radical (unpaired) electrons. The van der Waals surface area contributed by atoms with Crippen LogP contribution in [-0.4, -0.2) is 12.4 Å². The smallest absolute Gasteiger partial charge is 0.202 e. The van der Waals surface area contributed by atoms with Crippen molar-refractivity contribution in [2.75, 3.05) is 0 Å². The molecule has 2 rings (SSSR count). The highest BCUT2D eigenvalue weighted by Crippen LogP contribution is 2.30. The van der Waals surface area contributed by atoms with Gasteiger partial charge >= 0.3 is 0 Å². The molecule has 1 saturated carbocycles. The van der Waals surface area contributed by atoms with E-state index in [2.05, 4.69) is 20.4 Å². The lowest BCUT2D eigenvalue weighted by Crippen LogP contribution is -2.33. The molecule has 2 heteroatoms. The van der Waals surface area contributed by atoms with Gasteiger partial charge in [-0.3, -0.25) is 0 Å². The average Bonchev–Trinajstić information content (AvgIpc) is 2.48. The molecule has 1 atom stereocenters. The van der Waals surface area contributed by atoms with Crippen molar-refractivity contribution in [1.29, 1.82) is 0 Å². The molecule has 110 valence electrons. The first-order chi connectivity index (χ1) is 9.69. The van der Waals surface area contributed by atoms with Crippen LogP contribution in [0.25, 0.3) is 6.08 Å². The normalized spacial score (nSPS) is 17.9. The Hall–Kier alpha value is -1.28. The highest BCUT2D eigenvalue weighted by atomic mass is 16.7. The molecule has 1 aliphatic carbocycles. The Morgan fingerprint density at radius 2 is 1.75 bits per heavy atom. The van der Waals surface area contributed by atoms with Crippen molar-refractivity contribution in [1.82, 2.24) is 0 Å². The van der Waals surface area contributed by atoms with E-state index in [0.29, 0.717) is 5.92 Å². The molecule has 2 nitrogen and oxygen atoms in total. The van der Waals surface area contributed by atoms with Crippen molar-refractivity contribution in [3.05, 3.63) is 36.4 Å². The zero-order chi connectivity index (χ0) is 14.4. The van der Waals surface area contributed by atoms with Gasteiger partial charge in [0.2, 0.25) is 6.29 Å². The minimum Gasteiger partial charge on any atom is -0.465 e. The van der Waals surface area contributed by atoms with Gasteiger partial charge in [-0.2, -0.15) is 0 Å². The van der Waals surface area contributed by atoms with E-state index in [4.69, 9.17) is 9.47 Å². The van der Waals surface area contributed by atoms with Crippen LogP contribution in [0.5, 0.6) is 5.75 Å². The molecule has 0 amide bonds. The molecule has 1 aromatic rings. The summed E-state index contributed by atoms with van der Waals surface area (Å²) in [5, 5.41) is 0. The summed E-state index contributed by atoms with van der Waals surface area (Å²) in [5.41, 5.74) is 1.11. The Bertz CT molecular complexity index is 402. The van der Waals surface area contributed by atoms with Crippen molar-refractivity contribution in [3.8, 4) is 5.75 Å². The molecule has 0 spiro atoms. The van der Waals surface area contributed by atoms with Gasteiger partial charge in [0.15, 0.2) is 0 Å². The van der Waals surface area contributed by atoms with E-state index < -0.39 is 0 Å². The lowest BCUT2D eigenvalue weighted by molar-refractivity contribution is -0.145. The van der Waals surface area contributed by atoms with E-state index in [-0.39, 0.29) is 12.4 Å². The van der Waals surface area contributed by atoms with Crippen molar-refractivity contribution in [3.63, 3.8) is 0 Å². The molecule has 0 bridgehead atoms. The molecule has 1 aromatic carbocycles. The predicted octanol–water partition coefficient (Wildman–Crippen LogP) is 5.04. The third-order valence-corrected chi connectivity index (χ3v) is 3.81. The molecule has 0 aromatic heterocycles. The summed E-state index contributed by atoms with van der Waals surface area (Å²) in [6.07, 6.45) is 8.26. The SMILES string of the molecule is C=Cc1ccc(OC(OC(C)C)C2CCCCC2)cc1. The largest absolute Gasteiger partial charge is 0.465 e. The maximum absolute atomic E-state index is 6.11. The fraction of sp³-hybridized carbons (Fsp3) is 0.556. The maximum Gasteiger partial charge on any atom is 0.202 e. The molecule has 0 aliphatic heterocycles. The summed E-state index contributed by atoms with van der Waals surface area (Å²) in [6, 6.07) is 8.04. The molecular formula is C18H26O2. The summed E-state index contributed by atoms with van der Waals surface area (Å²) in [4.78, 5) is 0. The average molecular weight is 274 g/mol. The summed E-state index contributed by atoms with van der Waals surface area (Å²) in [5.74, 6) is 1.40. The van der Waals surface area contributed by atoms with E-state index in [1.54, 1.807) is 0 Å². The molecule has 1 aliphatic rings. The van der Waals surface area contributed by atoms with Gasteiger partial charge in [0.05, 0.1) is 6.10 Å². The van der Waals surface area contributed by atoms with Crippen LogP contribution in [0.2, 0.25) is 0 Å². The fourth-order valence-electron chi connectivity index (χ4n) is 2.73. The van der Waals surface area contributed by atoms with Gasteiger partial charge in [0.25, 0.3) is 0 Å².